The van der Waals surface area contributed by atoms with E-state index in [9.17, 15) is 9.18 Å². The number of amides is 1. The van der Waals surface area contributed by atoms with Gasteiger partial charge < -0.3 is 9.64 Å². The number of carbonyl (C=O) groups is 1. The van der Waals surface area contributed by atoms with Crippen molar-refractivity contribution in [3.63, 3.8) is 0 Å². The fourth-order valence-corrected chi connectivity index (χ4v) is 2.57. The number of benzene rings is 2. The van der Waals surface area contributed by atoms with Gasteiger partial charge in [0.1, 0.15) is 11.6 Å². The van der Waals surface area contributed by atoms with Crippen molar-refractivity contribution in [3.05, 3.63) is 59.4 Å². The molecule has 1 heterocycles. The highest BCUT2D eigenvalue weighted by Gasteiger charge is 2.30. The quantitative estimate of drug-likeness (QED) is 0.808. The molecule has 0 spiro atoms. The highest BCUT2D eigenvalue weighted by molar-refractivity contribution is 6.35. The average molecular weight is 297 g/mol. The van der Waals surface area contributed by atoms with Crippen LogP contribution in [0.1, 0.15) is 18.1 Å². The average Bonchev–Trinajstić information content (AvgIpc) is 2.75. The van der Waals surface area contributed by atoms with Gasteiger partial charge in [-0.2, -0.15) is 0 Å². The molecule has 0 aromatic heterocycles. The minimum absolute atomic E-state index is 0.146. The van der Waals surface area contributed by atoms with Gasteiger partial charge in [-0.3, -0.25) is 4.79 Å². The zero-order chi connectivity index (χ0) is 15.7. The van der Waals surface area contributed by atoms with Crippen molar-refractivity contribution in [3.8, 4) is 5.75 Å². The zero-order valence-electron chi connectivity index (χ0n) is 12.5. The van der Waals surface area contributed by atoms with Crippen LogP contribution in [0.5, 0.6) is 5.75 Å². The third kappa shape index (κ3) is 2.37. The third-order valence-electron chi connectivity index (χ3n) is 3.67. The van der Waals surface area contributed by atoms with E-state index < -0.39 is 0 Å². The lowest BCUT2D eigenvalue weighted by atomic mass is 10.0. The maximum absolute atomic E-state index is 13.8. The lowest BCUT2D eigenvalue weighted by Gasteiger charge is -2.10. The predicted molar refractivity (Wildman–Crippen MR) is 85.3 cm³/mol. The van der Waals surface area contributed by atoms with Gasteiger partial charge >= 0.3 is 0 Å². The Hall–Kier alpha value is -2.62. The van der Waals surface area contributed by atoms with Gasteiger partial charge in [0.25, 0.3) is 5.91 Å². The summed E-state index contributed by atoms with van der Waals surface area (Å²) < 4.78 is 19.3. The highest BCUT2D eigenvalue weighted by Crippen LogP contribution is 2.39. The first-order chi connectivity index (χ1) is 10.6. The second-order valence-corrected chi connectivity index (χ2v) is 5.06. The molecular formula is C18H16FNO2. The SMILES string of the molecule is CCOc1ccc2c(c1)N(C)C(=O)C2=Cc1ccccc1F. The van der Waals surface area contributed by atoms with Crippen molar-refractivity contribution < 1.29 is 13.9 Å². The molecule has 3 nitrogen and oxygen atoms in total. The summed E-state index contributed by atoms with van der Waals surface area (Å²) in [5, 5.41) is 0. The summed E-state index contributed by atoms with van der Waals surface area (Å²) in [5.74, 6) is 0.227. The molecule has 4 heteroatoms. The summed E-state index contributed by atoms with van der Waals surface area (Å²) in [6.45, 7) is 2.47. The first kappa shape index (κ1) is 14.3. The number of rotatable bonds is 3. The van der Waals surface area contributed by atoms with Gasteiger partial charge in [0, 0.05) is 29.8 Å². The first-order valence-corrected chi connectivity index (χ1v) is 7.13. The summed E-state index contributed by atoms with van der Waals surface area (Å²) in [5.41, 5.74) is 2.46. The second kappa shape index (κ2) is 5.64. The molecule has 2 aromatic carbocycles. The Morgan fingerprint density at radius 3 is 2.73 bits per heavy atom. The van der Waals surface area contributed by atoms with Crippen molar-refractivity contribution >= 4 is 23.2 Å². The number of halogens is 1. The van der Waals surface area contributed by atoms with Crippen LogP contribution in [0.2, 0.25) is 0 Å². The molecule has 0 radical (unpaired) electrons. The van der Waals surface area contributed by atoms with Crippen LogP contribution in [0.3, 0.4) is 0 Å². The molecule has 0 atom stereocenters. The van der Waals surface area contributed by atoms with E-state index in [4.69, 9.17) is 4.74 Å². The third-order valence-corrected chi connectivity index (χ3v) is 3.67. The molecule has 0 unspecified atom stereocenters. The number of carbonyl (C=O) groups excluding carboxylic acids is 1. The van der Waals surface area contributed by atoms with Crippen molar-refractivity contribution in [1.29, 1.82) is 0 Å². The summed E-state index contributed by atoms with van der Waals surface area (Å²) in [7, 11) is 1.71. The highest BCUT2D eigenvalue weighted by atomic mass is 19.1. The zero-order valence-corrected chi connectivity index (χ0v) is 12.5. The lowest BCUT2D eigenvalue weighted by molar-refractivity contribution is -0.112. The van der Waals surface area contributed by atoms with Crippen molar-refractivity contribution in [1.82, 2.24) is 0 Å². The van der Waals surface area contributed by atoms with Crippen LogP contribution in [0.15, 0.2) is 42.5 Å². The molecule has 0 bridgehead atoms. The molecular weight excluding hydrogens is 281 g/mol. The van der Waals surface area contributed by atoms with E-state index in [-0.39, 0.29) is 11.7 Å². The summed E-state index contributed by atoms with van der Waals surface area (Å²) in [6, 6.07) is 11.9. The maximum Gasteiger partial charge on any atom is 0.258 e. The van der Waals surface area contributed by atoms with Gasteiger partial charge in [0.05, 0.1) is 12.3 Å². The monoisotopic (exact) mass is 297 g/mol. The van der Waals surface area contributed by atoms with E-state index in [0.717, 1.165) is 11.3 Å². The lowest BCUT2D eigenvalue weighted by Crippen LogP contribution is -2.20. The molecule has 1 aliphatic heterocycles. The molecule has 1 amide bonds. The minimum atomic E-state index is -0.343. The number of fused-ring (bicyclic) bond motifs is 1. The van der Waals surface area contributed by atoms with E-state index in [1.165, 1.54) is 6.07 Å². The number of likely N-dealkylation sites (N-methyl/N-ethyl adjacent to an activating group) is 1. The van der Waals surface area contributed by atoms with Gasteiger partial charge in [0.2, 0.25) is 0 Å². The Bertz CT molecular complexity index is 767. The van der Waals surface area contributed by atoms with Crippen LogP contribution in [-0.2, 0) is 4.79 Å². The normalized spacial score (nSPS) is 15.3. The fraction of sp³-hybridized carbons (Fsp3) is 0.167. The predicted octanol–water partition coefficient (Wildman–Crippen LogP) is 3.74. The number of nitrogens with zero attached hydrogens (tertiary/aromatic N) is 1. The molecule has 3 rings (SSSR count). The molecule has 0 saturated heterocycles. The van der Waals surface area contributed by atoms with E-state index in [2.05, 4.69) is 0 Å². The topological polar surface area (TPSA) is 29.5 Å². The van der Waals surface area contributed by atoms with Crippen LogP contribution in [0, 0.1) is 5.82 Å². The van der Waals surface area contributed by atoms with Crippen molar-refractivity contribution in [2.75, 3.05) is 18.6 Å². The van der Waals surface area contributed by atoms with Gasteiger partial charge in [-0.15, -0.1) is 0 Å². The van der Waals surface area contributed by atoms with E-state index in [1.54, 1.807) is 36.2 Å². The first-order valence-electron chi connectivity index (χ1n) is 7.13. The largest absolute Gasteiger partial charge is 0.494 e. The molecule has 0 aliphatic carbocycles. The van der Waals surface area contributed by atoms with Crippen LogP contribution in [0.25, 0.3) is 11.6 Å². The molecule has 1 aliphatic rings. The van der Waals surface area contributed by atoms with Gasteiger partial charge in [-0.05, 0) is 31.2 Å². The summed E-state index contributed by atoms with van der Waals surface area (Å²) in [6.07, 6.45) is 1.60. The minimum Gasteiger partial charge on any atom is -0.494 e. The Balaban J connectivity index is 2.09. The van der Waals surface area contributed by atoms with Gasteiger partial charge in [-0.1, -0.05) is 18.2 Å². The molecule has 0 N–H and O–H groups in total. The van der Waals surface area contributed by atoms with Crippen LogP contribution < -0.4 is 9.64 Å². The van der Waals surface area contributed by atoms with Crippen molar-refractivity contribution in [2.45, 2.75) is 6.92 Å². The van der Waals surface area contributed by atoms with Crippen LogP contribution in [0.4, 0.5) is 10.1 Å². The van der Waals surface area contributed by atoms with E-state index >= 15 is 0 Å². The Labute approximate surface area is 128 Å². The van der Waals surface area contributed by atoms with E-state index in [0.29, 0.717) is 23.5 Å². The summed E-state index contributed by atoms with van der Waals surface area (Å²) in [4.78, 5) is 14.0. The van der Waals surface area contributed by atoms with Gasteiger partial charge in [0.15, 0.2) is 0 Å². The Morgan fingerprint density at radius 2 is 2.00 bits per heavy atom. The maximum atomic E-state index is 13.8. The number of hydrogen-bond donors (Lipinski definition) is 0. The van der Waals surface area contributed by atoms with Crippen LogP contribution in [-0.4, -0.2) is 19.6 Å². The molecule has 0 fully saturated rings. The molecule has 112 valence electrons. The standard InChI is InChI=1S/C18H16FNO2/c1-3-22-13-8-9-14-15(18(21)20(2)17(14)11-13)10-12-6-4-5-7-16(12)19/h4-11H,3H2,1-2H3. The molecule has 2 aromatic rings. The number of ether oxygens (including phenoxy) is 1. The molecule has 0 saturated carbocycles. The Morgan fingerprint density at radius 1 is 1.23 bits per heavy atom. The van der Waals surface area contributed by atoms with Gasteiger partial charge in [-0.25, -0.2) is 4.39 Å². The number of hydrogen-bond acceptors (Lipinski definition) is 2. The van der Waals surface area contributed by atoms with E-state index in [1.807, 2.05) is 25.1 Å². The number of anilines is 1. The van der Waals surface area contributed by atoms with Crippen LogP contribution >= 0.6 is 0 Å². The smallest absolute Gasteiger partial charge is 0.258 e. The van der Waals surface area contributed by atoms with Crippen molar-refractivity contribution in [2.24, 2.45) is 0 Å². The Kier molecular flexibility index (Phi) is 3.67. The molecule has 22 heavy (non-hydrogen) atoms. The fourth-order valence-electron chi connectivity index (χ4n) is 2.57. The summed E-state index contributed by atoms with van der Waals surface area (Å²) >= 11 is 0. The second-order valence-electron chi connectivity index (χ2n) is 5.06.